The van der Waals surface area contributed by atoms with Crippen molar-refractivity contribution in [2.75, 3.05) is 0 Å². The van der Waals surface area contributed by atoms with Crippen molar-refractivity contribution in [1.82, 2.24) is 15.0 Å². The summed E-state index contributed by atoms with van der Waals surface area (Å²) in [4.78, 5) is 21.8. The number of hydrogen-bond acceptors (Lipinski definition) is 2. The van der Waals surface area contributed by atoms with Gasteiger partial charge in [-0.15, -0.1) is 0 Å². The summed E-state index contributed by atoms with van der Waals surface area (Å²) < 4.78 is 0. The average molecular weight is 225 g/mol. The molecule has 0 aliphatic carbocycles. The van der Waals surface area contributed by atoms with Crippen LogP contribution in [0.2, 0.25) is 0 Å². The Morgan fingerprint density at radius 1 is 1.24 bits per heavy atom. The zero-order valence-corrected chi connectivity index (χ0v) is 9.32. The number of fused-ring (bicyclic) bond motifs is 1. The van der Waals surface area contributed by atoms with E-state index in [9.17, 15) is 4.79 Å². The lowest BCUT2D eigenvalue weighted by molar-refractivity contribution is 1.24. The van der Waals surface area contributed by atoms with Crippen LogP contribution in [0.3, 0.4) is 0 Å². The zero-order chi connectivity index (χ0) is 11.8. The number of aromatic amines is 2. The van der Waals surface area contributed by atoms with Crippen molar-refractivity contribution in [1.29, 1.82) is 0 Å². The lowest BCUT2D eigenvalue weighted by atomic mass is 10.1. The monoisotopic (exact) mass is 225 g/mol. The van der Waals surface area contributed by atoms with Crippen LogP contribution in [0.5, 0.6) is 0 Å². The summed E-state index contributed by atoms with van der Waals surface area (Å²) >= 11 is 0. The Bertz CT molecular complexity index is 740. The van der Waals surface area contributed by atoms with Crippen molar-refractivity contribution in [2.24, 2.45) is 0 Å². The molecule has 0 saturated heterocycles. The molecule has 17 heavy (non-hydrogen) atoms. The highest BCUT2D eigenvalue weighted by Crippen LogP contribution is 2.25. The second kappa shape index (κ2) is 3.59. The molecule has 3 aromatic rings. The summed E-state index contributed by atoms with van der Waals surface area (Å²) in [6, 6.07) is 5.66. The molecule has 0 spiro atoms. The van der Waals surface area contributed by atoms with Crippen LogP contribution in [0.4, 0.5) is 0 Å². The second-order valence-corrected chi connectivity index (χ2v) is 4.02. The largest absolute Gasteiger partial charge is 0.346 e. The van der Waals surface area contributed by atoms with E-state index in [4.69, 9.17) is 0 Å². The van der Waals surface area contributed by atoms with Crippen LogP contribution in [-0.4, -0.2) is 15.0 Å². The van der Waals surface area contributed by atoms with Gasteiger partial charge < -0.3 is 9.97 Å². The molecule has 3 aromatic heterocycles. The van der Waals surface area contributed by atoms with Crippen molar-refractivity contribution < 1.29 is 0 Å². The molecule has 0 unspecified atom stereocenters. The molecule has 0 aliphatic rings. The molecule has 2 N–H and O–H groups in total. The molecule has 0 aliphatic heterocycles. The van der Waals surface area contributed by atoms with E-state index in [1.807, 2.05) is 31.3 Å². The Kier molecular flexibility index (Phi) is 2.08. The number of nitrogens with one attached hydrogen (secondary N) is 2. The smallest absolute Gasteiger partial charge is 0.255 e. The highest BCUT2D eigenvalue weighted by Gasteiger charge is 2.09. The summed E-state index contributed by atoms with van der Waals surface area (Å²) in [5, 5.41) is 0.974. The molecule has 0 bridgehead atoms. The van der Waals surface area contributed by atoms with E-state index in [0.29, 0.717) is 5.56 Å². The molecule has 4 heteroatoms. The first-order valence-corrected chi connectivity index (χ1v) is 5.37. The van der Waals surface area contributed by atoms with E-state index in [0.717, 1.165) is 22.2 Å². The first-order valence-electron chi connectivity index (χ1n) is 5.37. The minimum Gasteiger partial charge on any atom is -0.346 e. The molecule has 0 saturated carbocycles. The SMILES string of the molecule is Cc1cnc2[nH]cc(-c3ccc[nH]c3=O)c2c1. The number of aromatic nitrogens is 3. The van der Waals surface area contributed by atoms with Gasteiger partial charge in [0.15, 0.2) is 0 Å². The first-order chi connectivity index (χ1) is 8.25. The normalized spacial score (nSPS) is 10.9. The molecule has 0 radical (unpaired) electrons. The van der Waals surface area contributed by atoms with E-state index in [1.54, 1.807) is 12.4 Å². The maximum Gasteiger partial charge on any atom is 0.255 e. The average Bonchev–Trinajstić information content (AvgIpc) is 2.72. The van der Waals surface area contributed by atoms with Gasteiger partial charge >= 0.3 is 0 Å². The van der Waals surface area contributed by atoms with E-state index in [1.165, 1.54) is 0 Å². The molecule has 4 nitrogen and oxygen atoms in total. The molecule has 0 fully saturated rings. The molecule has 3 heterocycles. The Morgan fingerprint density at radius 2 is 2.12 bits per heavy atom. The van der Waals surface area contributed by atoms with E-state index < -0.39 is 0 Å². The van der Waals surface area contributed by atoms with Gasteiger partial charge in [-0.2, -0.15) is 0 Å². The van der Waals surface area contributed by atoms with Crippen molar-refractivity contribution in [3.8, 4) is 11.1 Å². The summed E-state index contributed by atoms with van der Waals surface area (Å²) in [6.45, 7) is 1.98. The topological polar surface area (TPSA) is 61.5 Å². The molecular formula is C13H11N3O. The molecule has 3 rings (SSSR count). The second-order valence-electron chi connectivity index (χ2n) is 4.02. The maximum absolute atomic E-state index is 11.8. The summed E-state index contributed by atoms with van der Waals surface area (Å²) in [5.74, 6) is 0. The standard InChI is InChI=1S/C13H11N3O/c1-8-5-10-11(7-16-12(10)15-6-8)9-3-2-4-14-13(9)17/h2-7H,1H3,(H,14,17)(H,15,16). The highest BCUT2D eigenvalue weighted by atomic mass is 16.1. The van der Waals surface area contributed by atoms with Gasteiger partial charge in [0, 0.05) is 35.1 Å². The summed E-state index contributed by atoms with van der Waals surface area (Å²) in [6.07, 6.45) is 5.25. The van der Waals surface area contributed by atoms with Gasteiger partial charge in [0.1, 0.15) is 5.65 Å². The summed E-state index contributed by atoms with van der Waals surface area (Å²) in [5.41, 5.74) is 3.33. The predicted octanol–water partition coefficient (Wildman–Crippen LogP) is 2.23. The maximum atomic E-state index is 11.8. The van der Waals surface area contributed by atoms with Crippen molar-refractivity contribution >= 4 is 11.0 Å². The molecule has 0 amide bonds. The van der Waals surface area contributed by atoms with Crippen LogP contribution in [0.1, 0.15) is 5.56 Å². The molecule has 0 atom stereocenters. The molecular weight excluding hydrogens is 214 g/mol. The Hall–Kier alpha value is -2.36. The minimum atomic E-state index is -0.0880. The van der Waals surface area contributed by atoms with Gasteiger partial charge in [-0.1, -0.05) is 0 Å². The van der Waals surface area contributed by atoms with Gasteiger partial charge in [0.2, 0.25) is 0 Å². The number of aryl methyl sites for hydroxylation is 1. The van der Waals surface area contributed by atoms with E-state index in [2.05, 4.69) is 15.0 Å². The third kappa shape index (κ3) is 1.54. The fraction of sp³-hybridized carbons (Fsp3) is 0.0769. The highest BCUT2D eigenvalue weighted by molar-refractivity contribution is 5.93. The van der Waals surface area contributed by atoms with Gasteiger partial charge in [-0.05, 0) is 30.7 Å². The van der Waals surface area contributed by atoms with E-state index >= 15 is 0 Å². The minimum absolute atomic E-state index is 0.0880. The Balaban J connectivity index is 2.35. The quantitative estimate of drug-likeness (QED) is 0.667. The predicted molar refractivity (Wildman–Crippen MR) is 66.9 cm³/mol. The Morgan fingerprint density at radius 3 is 2.94 bits per heavy atom. The van der Waals surface area contributed by atoms with Crippen LogP contribution >= 0.6 is 0 Å². The first kappa shape index (κ1) is 9.84. The van der Waals surface area contributed by atoms with Gasteiger partial charge in [0.05, 0.1) is 0 Å². The fourth-order valence-corrected chi connectivity index (χ4v) is 1.96. The number of H-pyrrole nitrogens is 2. The van der Waals surface area contributed by atoms with Crippen molar-refractivity contribution in [3.63, 3.8) is 0 Å². The Labute approximate surface area is 97.3 Å². The number of pyridine rings is 2. The summed E-state index contributed by atoms with van der Waals surface area (Å²) in [7, 11) is 0. The van der Waals surface area contributed by atoms with Gasteiger partial charge in [-0.3, -0.25) is 4.79 Å². The molecule has 0 aromatic carbocycles. The van der Waals surface area contributed by atoms with Gasteiger partial charge in [0.25, 0.3) is 5.56 Å². The third-order valence-electron chi connectivity index (χ3n) is 2.78. The van der Waals surface area contributed by atoms with Gasteiger partial charge in [-0.25, -0.2) is 4.98 Å². The lowest BCUT2D eigenvalue weighted by Gasteiger charge is -1.98. The van der Waals surface area contributed by atoms with Crippen LogP contribution in [0, 0.1) is 6.92 Å². The van der Waals surface area contributed by atoms with Crippen LogP contribution < -0.4 is 5.56 Å². The van der Waals surface area contributed by atoms with Crippen molar-refractivity contribution in [3.05, 3.63) is 52.7 Å². The van der Waals surface area contributed by atoms with Crippen LogP contribution in [-0.2, 0) is 0 Å². The third-order valence-corrected chi connectivity index (χ3v) is 2.78. The van der Waals surface area contributed by atoms with Crippen LogP contribution in [0.25, 0.3) is 22.2 Å². The fourth-order valence-electron chi connectivity index (χ4n) is 1.96. The number of hydrogen-bond donors (Lipinski definition) is 2. The zero-order valence-electron chi connectivity index (χ0n) is 9.32. The number of rotatable bonds is 1. The molecule has 84 valence electrons. The van der Waals surface area contributed by atoms with E-state index in [-0.39, 0.29) is 5.56 Å². The number of nitrogens with zero attached hydrogens (tertiary/aromatic N) is 1. The van der Waals surface area contributed by atoms with Crippen LogP contribution in [0.15, 0.2) is 41.6 Å². The van der Waals surface area contributed by atoms with Crippen molar-refractivity contribution in [2.45, 2.75) is 6.92 Å². The lowest BCUT2D eigenvalue weighted by Crippen LogP contribution is -2.06.